The smallest absolute Gasteiger partial charge is 0.340 e. The van der Waals surface area contributed by atoms with Crippen LogP contribution in [-0.2, 0) is 9.53 Å². The van der Waals surface area contributed by atoms with Gasteiger partial charge in [0.25, 0.3) is 5.91 Å². The Bertz CT molecular complexity index is 874. The maximum atomic E-state index is 12.5. The molecule has 0 fully saturated rings. The summed E-state index contributed by atoms with van der Waals surface area (Å²) in [4.78, 5) is 38.6. The van der Waals surface area contributed by atoms with Gasteiger partial charge in [-0.1, -0.05) is 11.6 Å². The van der Waals surface area contributed by atoms with Gasteiger partial charge in [0.2, 0.25) is 5.91 Å². The van der Waals surface area contributed by atoms with E-state index in [1.807, 2.05) is 0 Å². The third-order valence-corrected chi connectivity index (χ3v) is 3.99. The molecule has 26 heavy (non-hydrogen) atoms. The molecular formula is C18H20ClN3O4. The third kappa shape index (κ3) is 4.23. The number of hydrogen-bond acceptors (Lipinski definition) is 4. The van der Waals surface area contributed by atoms with Crippen molar-refractivity contribution in [3.63, 3.8) is 0 Å². The van der Waals surface area contributed by atoms with Crippen LogP contribution in [0.4, 0.5) is 11.4 Å². The lowest BCUT2D eigenvalue weighted by Gasteiger charge is -2.09. The number of nitrogens with one attached hydrogen (secondary N) is 3. The van der Waals surface area contributed by atoms with Crippen LogP contribution in [0.25, 0.3) is 0 Å². The minimum absolute atomic E-state index is 0.243. The monoisotopic (exact) mass is 377 g/mol. The molecule has 1 heterocycles. The Morgan fingerprint density at radius 3 is 2.46 bits per heavy atom. The number of aryl methyl sites for hydroxylation is 1. The molecule has 2 amide bonds. The van der Waals surface area contributed by atoms with Crippen LogP contribution in [-0.4, -0.2) is 29.4 Å². The van der Waals surface area contributed by atoms with E-state index in [9.17, 15) is 14.4 Å². The molecule has 0 spiro atoms. The minimum Gasteiger partial charge on any atom is -0.462 e. The molecule has 1 aromatic heterocycles. The summed E-state index contributed by atoms with van der Waals surface area (Å²) in [7, 11) is 0. The average Bonchev–Trinajstić information content (AvgIpc) is 2.84. The molecular weight excluding hydrogens is 358 g/mol. The fourth-order valence-corrected chi connectivity index (χ4v) is 2.79. The number of hydrogen-bond donors (Lipinski definition) is 3. The Balaban J connectivity index is 2.23. The van der Waals surface area contributed by atoms with Crippen molar-refractivity contribution in [2.45, 2.75) is 27.7 Å². The molecule has 0 bridgehead atoms. The fraction of sp³-hybridized carbons (Fsp3) is 0.278. The Hall–Kier alpha value is -2.80. The number of carbonyl (C=O) groups is 3. The lowest BCUT2D eigenvalue weighted by molar-refractivity contribution is -0.114. The minimum atomic E-state index is -0.472. The van der Waals surface area contributed by atoms with Crippen molar-refractivity contribution < 1.29 is 19.1 Å². The fourth-order valence-electron chi connectivity index (χ4n) is 2.56. The number of aromatic amines is 1. The summed E-state index contributed by atoms with van der Waals surface area (Å²) in [6, 6.07) is 4.74. The van der Waals surface area contributed by atoms with Crippen LogP contribution < -0.4 is 10.6 Å². The van der Waals surface area contributed by atoms with Gasteiger partial charge in [-0.3, -0.25) is 9.59 Å². The molecule has 1 aromatic carbocycles. The number of benzene rings is 1. The summed E-state index contributed by atoms with van der Waals surface area (Å²) in [5.41, 5.74) is 2.61. The molecule has 0 aliphatic heterocycles. The van der Waals surface area contributed by atoms with Crippen molar-refractivity contribution in [1.29, 1.82) is 0 Å². The zero-order chi connectivity index (χ0) is 19.4. The number of esters is 1. The van der Waals surface area contributed by atoms with Crippen LogP contribution >= 0.6 is 11.6 Å². The number of ether oxygens (including phenoxy) is 1. The van der Waals surface area contributed by atoms with E-state index in [4.69, 9.17) is 16.3 Å². The molecule has 0 radical (unpaired) electrons. The molecule has 8 heteroatoms. The van der Waals surface area contributed by atoms with E-state index in [1.54, 1.807) is 32.9 Å². The summed E-state index contributed by atoms with van der Waals surface area (Å²) in [5, 5.41) is 5.60. The maximum Gasteiger partial charge on any atom is 0.340 e. The second-order valence-electron chi connectivity index (χ2n) is 5.68. The van der Waals surface area contributed by atoms with E-state index in [-0.39, 0.29) is 18.2 Å². The van der Waals surface area contributed by atoms with Crippen LogP contribution in [0.2, 0.25) is 5.02 Å². The van der Waals surface area contributed by atoms with E-state index >= 15 is 0 Å². The van der Waals surface area contributed by atoms with Crippen LogP contribution in [0.3, 0.4) is 0 Å². The summed E-state index contributed by atoms with van der Waals surface area (Å²) in [6.07, 6.45) is 0. The Labute approximate surface area is 156 Å². The lowest BCUT2D eigenvalue weighted by atomic mass is 10.1. The first-order valence-corrected chi connectivity index (χ1v) is 8.37. The van der Waals surface area contributed by atoms with Crippen molar-refractivity contribution in [3.8, 4) is 0 Å². The van der Waals surface area contributed by atoms with E-state index < -0.39 is 11.9 Å². The number of amides is 2. The normalized spacial score (nSPS) is 10.3. The number of anilines is 2. The van der Waals surface area contributed by atoms with E-state index in [2.05, 4.69) is 15.6 Å². The van der Waals surface area contributed by atoms with Gasteiger partial charge in [-0.25, -0.2) is 4.79 Å². The molecule has 0 aliphatic carbocycles. The van der Waals surface area contributed by atoms with Gasteiger partial charge in [0.15, 0.2) is 0 Å². The molecule has 138 valence electrons. The van der Waals surface area contributed by atoms with Gasteiger partial charge in [0, 0.05) is 18.3 Å². The van der Waals surface area contributed by atoms with Crippen molar-refractivity contribution in [2.75, 3.05) is 17.2 Å². The molecule has 7 nitrogen and oxygen atoms in total. The maximum absolute atomic E-state index is 12.5. The highest BCUT2D eigenvalue weighted by Crippen LogP contribution is 2.26. The highest BCUT2D eigenvalue weighted by atomic mass is 35.5. The molecule has 2 rings (SSSR count). The summed E-state index contributed by atoms with van der Waals surface area (Å²) >= 11 is 6.10. The predicted molar refractivity (Wildman–Crippen MR) is 99.9 cm³/mol. The first kappa shape index (κ1) is 19.5. The van der Waals surface area contributed by atoms with Gasteiger partial charge < -0.3 is 20.4 Å². The summed E-state index contributed by atoms with van der Waals surface area (Å²) < 4.78 is 5.02. The zero-order valence-electron chi connectivity index (χ0n) is 15.0. The first-order chi connectivity index (χ1) is 12.2. The zero-order valence-corrected chi connectivity index (χ0v) is 15.7. The van der Waals surface area contributed by atoms with Crippen molar-refractivity contribution in [3.05, 3.63) is 45.7 Å². The number of carbonyl (C=O) groups excluding carboxylic acids is 3. The second kappa shape index (κ2) is 8.05. The molecule has 0 saturated carbocycles. The Morgan fingerprint density at radius 1 is 1.19 bits per heavy atom. The number of H-pyrrole nitrogens is 1. The molecule has 0 saturated heterocycles. The van der Waals surface area contributed by atoms with Gasteiger partial charge >= 0.3 is 5.97 Å². The van der Waals surface area contributed by atoms with Gasteiger partial charge in [0.1, 0.15) is 5.69 Å². The largest absolute Gasteiger partial charge is 0.462 e. The number of aromatic nitrogens is 1. The summed E-state index contributed by atoms with van der Waals surface area (Å²) in [6.45, 7) is 6.73. The number of halogens is 1. The van der Waals surface area contributed by atoms with Crippen LogP contribution in [0.1, 0.15) is 46.0 Å². The van der Waals surface area contributed by atoms with Crippen LogP contribution in [0, 0.1) is 13.8 Å². The average molecular weight is 378 g/mol. The van der Waals surface area contributed by atoms with E-state index in [0.29, 0.717) is 33.2 Å². The SMILES string of the molecule is CCOC(=O)c1c(C)[nH]c(C(=O)Nc2ccc(NC(C)=O)c(Cl)c2)c1C. The summed E-state index contributed by atoms with van der Waals surface area (Å²) in [5.74, 6) is -1.13. The number of rotatable bonds is 5. The van der Waals surface area contributed by atoms with E-state index in [0.717, 1.165) is 0 Å². The van der Waals surface area contributed by atoms with Crippen LogP contribution in [0.15, 0.2) is 18.2 Å². The standard InChI is InChI=1S/C18H20ClN3O4/c1-5-26-18(25)15-9(2)16(20-10(15)3)17(24)22-12-6-7-14(13(19)8-12)21-11(4)23/h6-8,20H,5H2,1-4H3,(H,21,23)(H,22,24). The van der Waals surface area contributed by atoms with Crippen LogP contribution in [0.5, 0.6) is 0 Å². The lowest BCUT2D eigenvalue weighted by Crippen LogP contribution is -2.14. The molecule has 0 unspecified atom stereocenters. The Morgan fingerprint density at radius 2 is 1.88 bits per heavy atom. The first-order valence-electron chi connectivity index (χ1n) is 7.99. The Kier molecular flexibility index (Phi) is 6.05. The van der Waals surface area contributed by atoms with Gasteiger partial charge in [-0.15, -0.1) is 0 Å². The molecule has 0 atom stereocenters. The quantitative estimate of drug-likeness (QED) is 0.692. The third-order valence-electron chi connectivity index (χ3n) is 3.68. The van der Waals surface area contributed by atoms with Crippen molar-refractivity contribution in [1.82, 2.24) is 4.98 Å². The second-order valence-corrected chi connectivity index (χ2v) is 6.08. The van der Waals surface area contributed by atoms with Gasteiger partial charge in [-0.05, 0) is 44.5 Å². The predicted octanol–water partition coefficient (Wildman–Crippen LogP) is 3.67. The molecule has 0 aliphatic rings. The van der Waals surface area contributed by atoms with E-state index in [1.165, 1.54) is 13.0 Å². The molecule has 3 N–H and O–H groups in total. The van der Waals surface area contributed by atoms with Crippen molar-refractivity contribution in [2.24, 2.45) is 0 Å². The van der Waals surface area contributed by atoms with Gasteiger partial charge in [-0.2, -0.15) is 0 Å². The highest BCUT2D eigenvalue weighted by molar-refractivity contribution is 6.34. The topological polar surface area (TPSA) is 100 Å². The molecule has 2 aromatic rings. The van der Waals surface area contributed by atoms with Gasteiger partial charge in [0.05, 0.1) is 22.9 Å². The highest BCUT2D eigenvalue weighted by Gasteiger charge is 2.23. The van der Waals surface area contributed by atoms with Crippen molar-refractivity contribution >= 4 is 40.8 Å².